The van der Waals surface area contributed by atoms with Gasteiger partial charge in [0, 0.05) is 24.5 Å². The first-order valence-electron chi connectivity index (χ1n) is 11.9. The molecule has 2 fully saturated rings. The summed E-state index contributed by atoms with van der Waals surface area (Å²) < 4.78 is 25.4. The van der Waals surface area contributed by atoms with Crippen LogP contribution in [0.1, 0.15) is 30.6 Å². The normalized spacial score (nSPS) is 19.4. The average molecular weight is 462 g/mol. The zero-order valence-electron chi connectivity index (χ0n) is 19.2. The molecule has 0 N–H and O–H groups in total. The molecule has 0 saturated carbocycles. The molecule has 3 aromatic carbocycles. The van der Waals surface area contributed by atoms with Gasteiger partial charge in [-0.2, -0.15) is 0 Å². The molecular formula is C27H32N3O2P. The van der Waals surface area contributed by atoms with E-state index in [1.807, 2.05) is 48.5 Å². The van der Waals surface area contributed by atoms with Crippen LogP contribution in [0.4, 0.5) is 11.4 Å². The van der Waals surface area contributed by atoms with E-state index in [0.717, 1.165) is 61.7 Å². The summed E-state index contributed by atoms with van der Waals surface area (Å²) in [5.41, 5.74) is 3.13. The van der Waals surface area contributed by atoms with Gasteiger partial charge in [0.15, 0.2) is 0 Å². The van der Waals surface area contributed by atoms with E-state index in [9.17, 15) is 0 Å². The van der Waals surface area contributed by atoms with Crippen molar-refractivity contribution >= 4 is 18.8 Å². The maximum atomic E-state index is 15.6. The molecule has 2 saturated heterocycles. The fraction of sp³-hybridized carbons (Fsp3) is 0.333. The van der Waals surface area contributed by atoms with Gasteiger partial charge in [0.1, 0.15) is 11.5 Å². The summed E-state index contributed by atoms with van der Waals surface area (Å²) in [7, 11) is -1.42. The molecule has 0 amide bonds. The van der Waals surface area contributed by atoms with Crippen LogP contribution in [0.5, 0.6) is 5.75 Å². The van der Waals surface area contributed by atoms with E-state index in [2.05, 4.69) is 50.6 Å². The summed E-state index contributed by atoms with van der Waals surface area (Å²) in [6.07, 6.45) is 3.52. The lowest BCUT2D eigenvalue weighted by atomic mass is 10.1. The molecule has 33 heavy (non-hydrogen) atoms. The highest BCUT2D eigenvalue weighted by Crippen LogP contribution is 2.70. The van der Waals surface area contributed by atoms with Gasteiger partial charge in [-0.3, -0.25) is 9.46 Å². The molecule has 2 aliphatic heterocycles. The average Bonchev–Trinajstić information content (AvgIpc) is 3.23. The second-order valence-corrected chi connectivity index (χ2v) is 11.4. The van der Waals surface area contributed by atoms with Crippen molar-refractivity contribution in [3.63, 3.8) is 0 Å². The van der Waals surface area contributed by atoms with E-state index in [1.165, 1.54) is 6.42 Å². The summed E-state index contributed by atoms with van der Waals surface area (Å²) in [5.74, 6) is 0.604. The number of methoxy groups -OCH3 is 1. The first-order chi connectivity index (χ1) is 16.2. The highest BCUT2D eigenvalue weighted by molar-refractivity contribution is 7.67. The Labute approximate surface area is 197 Å². The predicted molar refractivity (Wildman–Crippen MR) is 136 cm³/mol. The molecule has 0 bridgehead atoms. The predicted octanol–water partition coefficient (Wildman–Crippen LogP) is 6.40. The second kappa shape index (κ2) is 9.62. The van der Waals surface area contributed by atoms with Crippen molar-refractivity contribution in [2.75, 3.05) is 42.6 Å². The Morgan fingerprint density at radius 3 is 1.70 bits per heavy atom. The Hall–Kier alpha value is -2.75. The van der Waals surface area contributed by atoms with Crippen LogP contribution in [0, 0.1) is 0 Å². The van der Waals surface area contributed by atoms with E-state index in [0.29, 0.717) is 0 Å². The van der Waals surface area contributed by atoms with Gasteiger partial charge in [0.05, 0.1) is 7.11 Å². The minimum Gasteiger partial charge on any atom is -0.497 e. The maximum Gasteiger partial charge on any atom is 0.284 e. The minimum absolute atomic E-state index is 0.216. The van der Waals surface area contributed by atoms with Crippen molar-refractivity contribution in [1.82, 2.24) is 4.90 Å². The van der Waals surface area contributed by atoms with Gasteiger partial charge in [-0.1, -0.05) is 55.0 Å². The van der Waals surface area contributed by atoms with Gasteiger partial charge in [0.25, 0.3) is 7.44 Å². The number of likely N-dealkylation sites (tertiary alicyclic amines) is 1. The summed E-state index contributed by atoms with van der Waals surface area (Å²) in [6.45, 7) is 3.39. The van der Waals surface area contributed by atoms with Crippen molar-refractivity contribution in [3.05, 3.63) is 90.5 Å². The fourth-order valence-corrected chi connectivity index (χ4v) is 8.90. The Morgan fingerprint density at radius 1 is 0.697 bits per heavy atom. The van der Waals surface area contributed by atoms with Crippen LogP contribution in [0.2, 0.25) is 0 Å². The van der Waals surface area contributed by atoms with Crippen LogP contribution >= 0.6 is 7.44 Å². The van der Waals surface area contributed by atoms with Crippen LogP contribution in [-0.2, 0) is 4.57 Å². The number of ether oxygens (including phenoxy) is 1. The number of hydrogen-bond donors (Lipinski definition) is 0. The molecule has 0 radical (unpaired) electrons. The van der Waals surface area contributed by atoms with E-state index in [1.54, 1.807) is 7.11 Å². The van der Waals surface area contributed by atoms with Gasteiger partial charge >= 0.3 is 0 Å². The highest BCUT2D eigenvalue weighted by Gasteiger charge is 2.52. The second-order valence-electron chi connectivity index (χ2n) is 8.75. The summed E-state index contributed by atoms with van der Waals surface area (Å²) in [6, 6.07) is 28.7. The first-order valence-corrected chi connectivity index (χ1v) is 13.5. The van der Waals surface area contributed by atoms with Gasteiger partial charge in [-0.25, -0.2) is 0 Å². The topological polar surface area (TPSA) is 36.0 Å². The molecule has 5 nitrogen and oxygen atoms in total. The van der Waals surface area contributed by atoms with E-state index in [-0.39, 0.29) is 5.78 Å². The lowest BCUT2D eigenvalue weighted by Crippen LogP contribution is -2.38. The third-order valence-electron chi connectivity index (χ3n) is 6.79. The molecule has 3 aromatic rings. The van der Waals surface area contributed by atoms with E-state index in [4.69, 9.17) is 4.74 Å². The molecule has 6 heteroatoms. The van der Waals surface area contributed by atoms with Crippen LogP contribution in [0.25, 0.3) is 0 Å². The largest absolute Gasteiger partial charge is 0.497 e. The monoisotopic (exact) mass is 461 g/mol. The van der Waals surface area contributed by atoms with Gasteiger partial charge in [0.2, 0.25) is 0 Å². The van der Waals surface area contributed by atoms with E-state index < -0.39 is 7.44 Å². The SMILES string of the molecule is COc1ccc(C(N2CCCCC2)P2(=O)N(c3ccccc3)CCN2c2ccccc2)cc1. The summed E-state index contributed by atoms with van der Waals surface area (Å²) >= 11 is 0. The third-order valence-corrected chi connectivity index (χ3v) is 10.3. The molecule has 5 rings (SSSR count). The van der Waals surface area contributed by atoms with Crippen molar-refractivity contribution < 1.29 is 9.30 Å². The number of para-hydroxylation sites is 2. The zero-order chi connectivity index (χ0) is 22.7. The van der Waals surface area contributed by atoms with Crippen molar-refractivity contribution in [2.45, 2.75) is 25.0 Å². The molecular weight excluding hydrogens is 429 g/mol. The number of nitrogens with zero attached hydrogens (tertiary/aromatic N) is 3. The molecule has 0 aliphatic carbocycles. The summed E-state index contributed by atoms with van der Waals surface area (Å²) in [4.78, 5) is 2.46. The Kier molecular flexibility index (Phi) is 6.43. The molecule has 1 unspecified atom stereocenters. The van der Waals surface area contributed by atoms with Gasteiger partial charge < -0.3 is 14.1 Å². The molecule has 1 atom stereocenters. The lowest BCUT2D eigenvalue weighted by molar-refractivity contribution is 0.206. The molecule has 2 heterocycles. The number of piperidine rings is 1. The molecule has 2 aliphatic rings. The number of hydrogen-bond acceptors (Lipinski definition) is 3. The fourth-order valence-electron chi connectivity index (χ4n) is 5.22. The van der Waals surface area contributed by atoms with Crippen LogP contribution in [0.3, 0.4) is 0 Å². The smallest absolute Gasteiger partial charge is 0.284 e. The quantitative estimate of drug-likeness (QED) is 0.397. The Morgan fingerprint density at radius 2 is 1.21 bits per heavy atom. The highest BCUT2D eigenvalue weighted by atomic mass is 31.2. The van der Waals surface area contributed by atoms with Crippen LogP contribution in [0.15, 0.2) is 84.9 Å². The van der Waals surface area contributed by atoms with Crippen LogP contribution < -0.4 is 14.1 Å². The lowest BCUT2D eigenvalue weighted by Gasteiger charge is -2.44. The van der Waals surface area contributed by atoms with E-state index >= 15 is 4.57 Å². The Bertz CT molecular complexity index is 1030. The molecule has 172 valence electrons. The molecule has 0 aromatic heterocycles. The number of anilines is 2. The van der Waals surface area contributed by atoms with Gasteiger partial charge in [-0.15, -0.1) is 0 Å². The first kappa shape index (κ1) is 22.1. The maximum absolute atomic E-state index is 15.6. The number of rotatable bonds is 6. The zero-order valence-corrected chi connectivity index (χ0v) is 20.1. The minimum atomic E-state index is -3.11. The number of benzene rings is 3. The third kappa shape index (κ3) is 4.16. The van der Waals surface area contributed by atoms with Crippen LogP contribution in [-0.4, -0.2) is 38.2 Å². The van der Waals surface area contributed by atoms with Gasteiger partial charge in [-0.05, 0) is 67.9 Å². The standard InChI is InChI=1S/C27H32N3O2P/c1-32-26-17-15-23(16-18-26)27(28-19-9-4-10-20-28)33(31)29(24-11-5-2-6-12-24)21-22-30(33)25-13-7-3-8-14-25/h2-3,5-8,11-18,27H,4,9-10,19-22H2,1H3. The summed E-state index contributed by atoms with van der Waals surface area (Å²) in [5, 5.41) is 0. The molecule has 0 spiro atoms. The Balaban J connectivity index is 1.67. The van der Waals surface area contributed by atoms with Crippen molar-refractivity contribution in [3.8, 4) is 5.75 Å². The van der Waals surface area contributed by atoms with Crippen molar-refractivity contribution in [2.24, 2.45) is 0 Å². The van der Waals surface area contributed by atoms with Crippen molar-refractivity contribution in [1.29, 1.82) is 0 Å².